The van der Waals surface area contributed by atoms with Crippen LogP contribution in [0.15, 0.2) is 24.3 Å². The molecule has 0 saturated carbocycles. The second kappa shape index (κ2) is 6.06. The predicted octanol–water partition coefficient (Wildman–Crippen LogP) is 1.25. The van der Waals surface area contributed by atoms with E-state index in [2.05, 4.69) is 10.2 Å². The third-order valence-electron chi connectivity index (χ3n) is 3.81. The van der Waals surface area contributed by atoms with Gasteiger partial charge in [0, 0.05) is 24.5 Å². The van der Waals surface area contributed by atoms with Crippen LogP contribution in [0.1, 0.15) is 24.1 Å². The summed E-state index contributed by atoms with van der Waals surface area (Å²) in [6, 6.07) is 7.66. The summed E-state index contributed by atoms with van der Waals surface area (Å²) in [5.41, 5.74) is 1.00. The lowest BCUT2D eigenvalue weighted by molar-refractivity contribution is -0.140. The molecule has 2 heterocycles. The van der Waals surface area contributed by atoms with E-state index in [1.54, 1.807) is 4.90 Å². The zero-order chi connectivity index (χ0) is 15.7. The van der Waals surface area contributed by atoms with Gasteiger partial charge in [-0.15, -0.1) is 10.2 Å². The van der Waals surface area contributed by atoms with Gasteiger partial charge in [-0.1, -0.05) is 29.8 Å². The van der Waals surface area contributed by atoms with Crippen molar-refractivity contribution in [1.29, 1.82) is 0 Å². The van der Waals surface area contributed by atoms with Gasteiger partial charge in [0.1, 0.15) is 11.9 Å². The van der Waals surface area contributed by atoms with Crippen molar-refractivity contribution in [3.63, 3.8) is 0 Å². The second-order valence-electron chi connectivity index (χ2n) is 5.39. The van der Waals surface area contributed by atoms with Crippen LogP contribution in [0.25, 0.3) is 0 Å². The van der Waals surface area contributed by atoms with Crippen molar-refractivity contribution in [3.05, 3.63) is 46.5 Å². The fraction of sp³-hybridized carbons (Fsp3) is 0.400. The molecule has 1 amide bonds. The molecule has 1 atom stereocenters. The minimum Gasteiger partial charge on any atom is -0.384 e. The van der Waals surface area contributed by atoms with Crippen LogP contribution in [0.3, 0.4) is 0 Å². The molecule has 1 aromatic heterocycles. The quantitative estimate of drug-likeness (QED) is 0.924. The van der Waals surface area contributed by atoms with Gasteiger partial charge in [-0.25, -0.2) is 0 Å². The number of nitrogens with zero attached hydrogens (tertiary/aromatic N) is 4. The Balaban J connectivity index is 1.79. The molecule has 1 aromatic carbocycles. The molecule has 0 aliphatic carbocycles. The van der Waals surface area contributed by atoms with Gasteiger partial charge >= 0.3 is 0 Å². The molecule has 1 aliphatic heterocycles. The first-order valence-corrected chi connectivity index (χ1v) is 7.55. The summed E-state index contributed by atoms with van der Waals surface area (Å²) in [6.45, 7) is 3.02. The molecule has 3 rings (SSSR count). The number of carbonyl (C=O) groups excluding carboxylic acids is 1. The highest BCUT2D eigenvalue weighted by atomic mass is 35.5. The number of rotatable bonds is 3. The first-order chi connectivity index (χ1) is 10.6. The minimum absolute atomic E-state index is 0.276. The van der Waals surface area contributed by atoms with Crippen LogP contribution in [-0.4, -0.2) is 43.3 Å². The fourth-order valence-electron chi connectivity index (χ4n) is 2.61. The molecule has 0 fully saturated rings. The topological polar surface area (TPSA) is 71.2 Å². The van der Waals surface area contributed by atoms with Crippen LogP contribution >= 0.6 is 11.6 Å². The lowest BCUT2D eigenvalue weighted by atomic mass is 10.1. The summed E-state index contributed by atoms with van der Waals surface area (Å²) in [5.74, 6) is 1.30. The summed E-state index contributed by atoms with van der Waals surface area (Å²) < 4.78 is 2.02. The first kappa shape index (κ1) is 15.0. The molecule has 0 bridgehead atoms. The number of aromatic nitrogens is 3. The highest BCUT2D eigenvalue weighted by molar-refractivity contribution is 6.31. The van der Waals surface area contributed by atoms with Crippen molar-refractivity contribution < 1.29 is 9.90 Å². The Morgan fingerprint density at radius 1 is 1.36 bits per heavy atom. The van der Waals surface area contributed by atoms with Gasteiger partial charge in [0.15, 0.2) is 5.82 Å². The van der Waals surface area contributed by atoms with E-state index >= 15 is 0 Å². The largest absolute Gasteiger partial charge is 0.384 e. The lowest BCUT2D eigenvalue weighted by Crippen LogP contribution is -2.43. The number of amides is 1. The molecule has 22 heavy (non-hydrogen) atoms. The average molecular weight is 321 g/mol. The van der Waals surface area contributed by atoms with Crippen LogP contribution in [0.5, 0.6) is 0 Å². The van der Waals surface area contributed by atoms with Crippen molar-refractivity contribution in [2.45, 2.75) is 32.5 Å². The SMILES string of the molecule is C[C@@H](O)C(=O)N1CCn2c(Cc3ccccc3Cl)nnc2C1. The Kier molecular flexibility index (Phi) is 4.13. The summed E-state index contributed by atoms with van der Waals surface area (Å²) in [6.07, 6.45) is -0.381. The third kappa shape index (κ3) is 2.84. The highest BCUT2D eigenvalue weighted by Crippen LogP contribution is 2.20. The molecule has 0 radical (unpaired) electrons. The van der Waals surface area contributed by atoms with Crippen LogP contribution in [0.4, 0.5) is 0 Å². The zero-order valence-corrected chi connectivity index (χ0v) is 13.0. The molecular formula is C15H17ClN4O2. The molecule has 1 aliphatic rings. The summed E-state index contributed by atoms with van der Waals surface area (Å²) in [4.78, 5) is 13.5. The number of hydrogen-bond donors (Lipinski definition) is 1. The standard InChI is InChI=1S/C15H17ClN4O2/c1-10(21)15(22)19-6-7-20-13(17-18-14(20)9-19)8-11-4-2-3-5-12(11)16/h2-5,10,21H,6-9H2,1H3/t10-/m1/s1. The zero-order valence-electron chi connectivity index (χ0n) is 12.2. The van der Waals surface area contributed by atoms with Crippen molar-refractivity contribution >= 4 is 17.5 Å². The maximum absolute atomic E-state index is 11.9. The van der Waals surface area contributed by atoms with Crippen molar-refractivity contribution in [3.8, 4) is 0 Å². The Hall–Kier alpha value is -1.92. The van der Waals surface area contributed by atoms with E-state index in [1.807, 2.05) is 28.8 Å². The molecule has 1 N–H and O–H groups in total. The third-order valence-corrected chi connectivity index (χ3v) is 4.17. The molecule has 116 valence electrons. The van der Waals surface area contributed by atoms with E-state index in [9.17, 15) is 9.90 Å². The van der Waals surface area contributed by atoms with Crippen LogP contribution in [0.2, 0.25) is 5.02 Å². The lowest BCUT2D eigenvalue weighted by Gasteiger charge is -2.28. The molecule has 0 unspecified atom stereocenters. The average Bonchev–Trinajstić information content (AvgIpc) is 2.91. The maximum Gasteiger partial charge on any atom is 0.251 e. The second-order valence-corrected chi connectivity index (χ2v) is 5.80. The number of carbonyl (C=O) groups is 1. The number of fused-ring (bicyclic) bond motifs is 1. The fourth-order valence-corrected chi connectivity index (χ4v) is 2.82. The molecule has 2 aromatic rings. The van der Waals surface area contributed by atoms with E-state index in [0.29, 0.717) is 31.1 Å². The van der Waals surface area contributed by atoms with Gasteiger partial charge in [0.25, 0.3) is 5.91 Å². The molecule has 0 saturated heterocycles. The summed E-state index contributed by atoms with van der Waals surface area (Å²) >= 11 is 6.19. The van der Waals surface area contributed by atoms with Crippen LogP contribution < -0.4 is 0 Å². The first-order valence-electron chi connectivity index (χ1n) is 7.17. The van der Waals surface area contributed by atoms with Gasteiger partial charge in [-0.3, -0.25) is 4.79 Å². The van der Waals surface area contributed by atoms with Crippen molar-refractivity contribution in [1.82, 2.24) is 19.7 Å². The van der Waals surface area contributed by atoms with Gasteiger partial charge in [-0.2, -0.15) is 0 Å². The van der Waals surface area contributed by atoms with Gasteiger partial charge in [0.05, 0.1) is 6.54 Å². The monoisotopic (exact) mass is 320 g/mol. The van der Waals surface area contributed by atoms with E-state index < -0.39 is 6.10 Å². The Bertz CT molecular complexity index is 699. The molecule has 7 heteroatoms. The van der Waals surface area contributed by atoms with Crippen LogP contribution in [-0.2, 0) is 24.3 Å². The highest BCUT2D eigenvalue weighted by Gasteiger charge is 2.26. The van der Waals surface area contributed by atoms with E-state index in [4.69, 9.17) is 11.6 Å². The summed E-state index contributed by atoms with van der Waals surface area (Å²) in [5, 5.41) is 18.5. The Labute approximate surface area is 133 Å². The van der Waals surface area contributed by atoms with E-state index in [0.717, 1.165) is 17.2 Å². The van der Waals surface area contributed by atoms with Crippen molar-refractivity contribution in [2.24, 2.45) is 0 Å². The normalized spacial score (nSPS) is 15.5. The number of aliphatic hydroxyl groups excluding tert-OH is 1. The molecular weight excluding hydrogens is 304 g/mol. The van der Waals surface area contributed by atoms with Crippen molar-refractivity contribution in [2.75, 3.05) is 6.54 Å². The molecule has 0 spiro atoms. The van der Waals surface area contributed by atoms with Gasteiger partial charge in [-0.05, 0) is 18.6 Å². The summed E-state index contributed by atoms with van der Waals surface area (Å²) in [7, 11) is 0. The molecule has 6 nitrogen and oxygen atoms in total. The maximum atomic E-state index is 11.9. The van der Waals surface area contributed by atoms with E-state index in [1.165, 1.54) is 6.92 Å². The smallest absolute Gasteiger partial charge is 0.251 e. The Morgan fingerprint density at radius 3 is 2.86 bits per heavy atom. The van der Waals surface area contributed by atoms with E-state index in [-0.39, 0.29) is 5.91 Å². The number of aliphatic hydroxyl groups is 1. The van der Waals surface area contributed by atoms with Gasteiger partial charge in [0.2, 0.25) is 0 Å². The Morgan fingerprint density at radius 2 is 2.14 bits per heavy atom. The number of hydrogen-bond acceptors (Lipinski definition) is 4. The number of benzene rings is 1. The number of halogens is 1. The predicted molar refractivity (Wildman–Crippen MR) is 81.4 cm³/mol. The van der Waals surface area contributed by atoms with Crippen LogP contribution in [0, 0.1) is 0 Å². The van der Waals surface area contributed by atoms with Gasteiger partial charge < -0.3 is 14.6 Å². The minimum atomic E-state index is -0.989.